The maximum Gasteiger partial charge on any atom is 0.359 e. The predicted octanol–water partition coefficient (Wildman–Crippen LogP) is 0.923. The zero-order valence-electron chi connectivity index (χ0n) is 13.8. The first-order chi connectivity index (χ1) is 9.89. The molecule has 1 saturated heterocycles. The van der Waals surface area contributed by atoms with Gasteiger partial charge in [-0.3, -0.25) is 4.57 Å². The standard InChI is InChI=1S/C13H27BFO6P/c1-5-12(3,21-22(18,19)13(4,17)6-2)7-8-10(16)9(15)11(14)20-8/h8-11,16-17H,5-7,14H2,1-4H3,(H,18,19)/t8-,9-,10-,11-,12?,13-/m1/s1. The molecule has 0 spiro atoms. The second-order valence-corrected chi connectivity index (χ2v) is 8.69. The van der Waals surface area contributed by atoms with E-state index >= 15 is 0 Å². The molecule has 6 nitrogen and oxygen atoms in total. The van der Waals surface area contributed by atoms with Crippen LogP contribution in [0.2, 0.25) is 0 Å². The zero-order valence-corrected chi connectivity index (χ0v) is 14.7. The second-order valence-electron chi connectivity index (χ2n) is 6.50. The lowest BCUT2D eigenvalue weighted by atomic mass is 9.90. The van der Waals surface area contributed by atoms with Crippen LogP contribution in [0.5, 0.6) is 0 Å². The van der Waals surface area contributed by atoms with Crippen LogP contribution in [0.3, 0.4) is 0 Å². The summed E-state index contributed by atoms with van der Waals surface area (Å²) in [7, 11) is -2.79. The van der Waals surface area contributed by atoms with E-state index in [9.17, 15) is 24.1 Å². The predicted molar refractivity (Wildman–Crippen MR) is 83.2 cm³/mol. The van der Waals surface area contributed by atoms with Crippen LogP contribution in [0.4, 0.5) is 4.39 Å². The van der Waals surface area contributed by atoms with Gasteiger partial charge in [0.15, 0.2) is 5.34 Å². The topological polar surface area (TPSA) is 96.2 Å². The van der Waals surface area contributed by atoms with Crippen LogP contribution in [0, 0.1) is 0 Å². The number of hydrogen-bond donors (Lipinski definition) is 3. The van der Waals surface area contributed by atoms with Gasteiger partial charge < -0.3 is 24.4 Å². The van der Waals surface area contributed by atoms with Crippen LogP contribution in [-0.2, 0) is 13.8 Å². The van der Waals surface area contributed by atoms with Crippen molar-refractivity contribution in [1.29, 1.82) is 0 Å². The first-order valence-corrected chi connectivity index (χ1v) is 9.20. The Morgan fingerprint density at radius 3 is 2.27 bits per heavy atom. The van der Waals surface area contributed by atoms with Gasteiger partial charge in [0, 0.05) is 6.42 Å². The summed E-state index contributed by atoms with van der Waals surface area (Å²) >= 11 is 0. The Bertz CT molecular complexity index is 437. The summed E-state index contributed by atoms with van der Waals surface area (Å²) in [4.78, 5) is 10.1. The Labute approximate surface area is 132 Å². The smallest absolute Gasteiger partial charge is 0.359 e. The average Bonchev–Trinajstić information content (AvgIpc) is 2.65. The summed E-state index contributed by atoms with van der Waals surface area (Å²) in [6, 6.07) is -0.735. The molecule has 0 aromatic carbocycles. The van der Waals surface area contributed by atoms with Crippen LogP contribution in [0.25, 0.3) is 0 Å². The Hall–Kier alpha value is 0.0249. The Balaban J connectivity index is 2.87. The lowest BCUT2D eigenvalue weighted by Gasteiger charge is -2.37. The molecule has 0 aromatic rings. The minimum Gasteiger partial charge on any atom is -0.387 e. The van der Waals surface area contributed by atoms with Crippen molar-refractivity contribution in [2.45, 2.75) is 82.3 Å². The molecule has 0 radical (unpaired) electrons. The first kappa shape index (κ1) is 20.1. The number of halogens is 1. The molecule has 22 heavy (non-hydrogen) atoms. The SMILES string of the molecule is B[C@@H]1O[C@H](CC(C)(CC)OP(=O)(O)[C@@](C)(O)CC)[C@@H](O)[C@H]1F. The lowest BCUT2D eigenvalue weighted by Crippen LogP contribution is -2.39. The minimum absolute atomic E-state index is 0.0483. The fourth-order valence-electron chi connectivity index (χ4n) is 2.35. The van der Waals surface area contributed by atoms with E-state index in [2.05, 4.69) is 0 Å². The van der Waals surface area contributed by atoms with Crippen molar-refractivity contribution in [3.05, 3.63) is 0 Å². The third-order valence-electron chi connectivity index (χ3n) is 4.55. The van der Waals surface area contributed by atoms with Crippen molar-refractivity contribution < 1.29 is 33.3 Å². The van der Waals surface area contributed by atoms with E-state index in [1.807, 2.05) is 0 Å². The third-order valence-corrected chi connectivity index (χ3v) is 6.77. The third kappa shape index (κ3) is 4.10. The Morgan fingerprint density at radius 1 is 1.36 bits per heavy atom. The van der Waals surface area contributed by atoms with Crippen LogP contribution in [-0.4, -0.2) is 58.3 Å². The quantitative estimate of drug-likeness (QED) is 0.471. The van der Waals surface area contributed by atoms with Crippen molar-refractivity contribution in [2.75, 3.05) is 0 Å². The van der Waals surface area contributed by atoms with E-state index in [4.69, 9.17) is 9.26 Å². The van der Waals surface area contributed by atoms with Gasteiger partial charge >= 0.3 is 7.60 Å². The van der Waals surface area contributed by atoms with E-state index in [1.54, 1.807) is 20.8 Å². The van der Waals surface area contributed by atoms with E-state index in [0.717, 1.165) is 0 Å². The number of aliphatic hydroxyl groups is 2. The highest BCUT2D eigenvalue weighted by molar-refractivity contribution is 7.54. The molecule has 0 saturated carbocycles. The molecular weight excluding hydrogens is 313 g/mol. The average molecular weight is 340 g/mol. The number of rotatable bonds is 7. The largest absolute Gasteiger partial charge is 0.387 e. The molecule has 3 N–H and O–H groups in total. The highest BCUT2D eigenvalue weighted by Crippen LogP contribution is 2.59. The molecule has 1 fully saturated rings. The molecular formula is C13H27BFO6P. The molecule has 1 aliphatic heterocycles. The Morgan fingerprint density at radius 2 is 1.91 bits per heavy atom. The zero-order chi connectivity index (χ0) is 17.3. The van der Waals surface area contributed by atoms with Crippen LogP contribution in [0.1, 0.15) is 47.0 Å². The molecule has 0 aromatic heterocycles. The fourth-order valence-corrected chi connectivity index (χ4v) is 3.75. The summed E-state index contributed by atoms with van der Waals surface area (Å²) in [5, 5.41) is 18.0. The van der Waals surface area contributed by atoms with E-state index in [1.165, 1.54) is 14.8 Å². The fraction of sp³-hybridized carbons (Fsp3) is 1.00. The summed E-state index contributed by atoms with van der Waals surface area (Å²) < 4.78 is 36.7. The Kier molecular flexibility index (Phi) is 6.27. The van der Waals surface area contributed by atoms with Crippen LogP contribution < -0.4 is 0 Å². The molecule has 130 valence electrons. The van der Waals surface area contributed by atoms with Gasteiger partial charge in [0.05, 0.1) is 17.7 Å². The molecule has 9 heteroatoms. The van der Waals surface area contributed by atoms with Gasteiger partial charge in [0.25, 0.3) is 0 Å². The van der Waals surface area contributed by atoms with E-state index in [0.29, 0.717) is 6.42 Å². The highest BCUT2D eigenvalue weighted by atomic mass is 31.2. The minimum atomic E-state index is -4.32. The number of aliphatic hydroxyl groups excluding tert-OH is 1. The van der Waals surface area contributed by atoms with Gasteiger partial charge in [-0.05, 0) is 26.7 Å². The maximum absolute atomic E-state index is 13.7. The molecule has 0 amide bonds. The van der Waals surface area contributed by atoms with Gasteiger partial charge in [-0.2, -0.15) is 0 Å². The van der Waals surface area contributed by atoms with Gasteiger partial charge in [0.2, 0.25) is 0 Å². The van der Waals surface area contributed by atoms with Crippen molar-refractivity contribution in [3.8, 4) is 0 Å². The van der Waals surface area contributed by atoms with Crippen molar-refractivity contribution in [3.63, 3.8) is 0 Å². The number of alkyl halides is 1. The van der Waals surface area contributed by atoms with Gasteiger partial charge in [-0.1, -0.05) is 13.8 Å². The summed E-state index contributed by atoms with van der Waals surface area (Å²) in [5.41, 5.74) is -1.13. The summed E-state index contributed by atoms with van der Waals surface area (Å²) in [5.74, 6) is 0. The monoisotopic (exact) mass is 340 g/mol. The van der Waals surface area contributed by atoms with Gasteiger partial charge in [-0.25, -0.2) is 4.39 Å². The van der Waals surface area contributed by atoms with Gasteiger partial charge in [0.1, 0.15) is 20.1 Å². The molecule has 0 bridgehead atoms. The maximum atomic E-state index is 13.7. The molecule has 7 atom stereocenters. The summed E-state index contributed by atoms with van der Waals surface area (Å²) in [6.45, 7) is 6.16. The van der Waals surface area contributed by atoms with Crippen LogP contribution >= 0.6 is 7.60 Å². The van der Waals surface area contributed by atoms with Crippen molar-refractivity contribution in [2.24, 2.45) is 0 Å². The molecule has 1 heterocycles. The second kappa shape index (κ2) is 6.87. The van der Waals surface area contributed by atoms with Gasteiger partial charge in [-0.15, -0.1) is 0 Å². The molecule has 1 aliphatic rings. The first-order valence-electron chi connectivity index (χ1n) is 7.62. The lowest BCUT2D eigenvalue weighted by molar-refractivity contribution is -0.0433. The van der Waals surface area contributed by atoms with Crippen molar-refractivity contribution in [1.82, 2.24) is 0 Å². The number of hydrogen-bond acceptors (Lipinski definition) is 5. The highest BCUT2D eigenvalue weighted by Gasteiger charge is 2.49. The number of ether oxygens (including phenoxy) is 1. The van der Waals surface area contributed by atoms with E-state index < -0.39 is 42.9 Å². The summed E-state index contributed by atoms with van der Waals surface area (Å²) in [6.07, 6.45) is -3.16. The normalized spacial score (nSPS) is 37.3. The molecule has 1 rings (SSSR count). The molecule has 0 aliphatic carbocycles. The molecule has 2 unspecified atom stereocenters. The van der Waals surface area contributed by atoms with Crippen LogP contribution in [0.15, 0.2) is 0 Å². The van der Waals surface area contributed by atoms with E-state index in [-0.39, 0.29) is 12.8 Å². The van der Waals surface area contributed by atoms with Crippen molar-refractivity contribution >= 4 is 15.4 Å².